The molecule has 84 valence electrons. The first-order chi connectivity index (χ1) is 6.33. The Morgan fingerprint density at radius 3 is 2.57 bits per heavy atom. The molecule has 0 bridgehead atoms. The molecule has 14 heavy (non-hydrogen) atoms. The smallest absolute Gasteiger partial charge is 0.406 e. The van der Waals surface area contributed by atoms with Crippen molar-refractivity contribution in [3.8, 4) is 0 Å². The quantitative estimate of drug-likeness (QED) is 0.782. The Morgan fingerprint density at radius 1 is 1.36 bits per heavy atom. The lowest BCUT2D eigenvalue weighted by Gasteiger charge is -2.26. The van der Waals surface area contributed by atoms with Crippen molar-refractivity contribution >= 4 is 18.5 Å². The van der Waals surface area contributed by atoms with E-state index in [2.05, 4.69) is 15.0 Å². The minimum Gasteiger partial charge on any atom is -0.453 e. The molecular weight excluding hydrogens is 204 g/mol. The van der Waals surface area contributed by atoms with Crippen molar-refractivity contribution in [2.45, 2.75) is 19.3 Å². The van der Waals surface area contributed by atoms with Gasteiger partial charge in [0.15, 0.2) is 0 Å². The second-order valence-electron chi connectivity index (χ2n) is 3.32. The predicted octanol–water partition coefficient (Wildman–Crippen LogP) is 1.25. The van der Waals surface area contributed by atoms with E-state index in [0.29, 0.717) is 6.54 Å². The molecule has 0 aromatic carbocycles. The van der Waals surface area contributed by atoms with E-state index in [0.717, 1.165) is 6.54 Å². The lowest BCUT2D eigenvalue weighted by atomic mass is 10.1. The largest absolute Gasteiger partial charge is 0.453 e. The number of likely N-dealkylation sites (tertiary alicyclic amines) is 1. The van der Waals surface area contributed by atoms with Gasteiger partial charge >= 0.3 is 6.09 Å². The average molecular weight is 223 g/mol. The van der Waals surface area contributed by atoms with Crippen molar-refractivity contribution in [2.24, 2.45) is 0 Å². The van der Waals surface area contributed by atoms with Gasteiger partial charge in [-0.25, -0.2) is 4.79 Å². The second-order valence-corrected chi connectivity index (χ2v) is 3.32. The Bertz CT molecular complexity index is 161. The zero-order valence-corrected chi connectivity index (χ0v) is 9.44. The normalized spacial score (nSPS) is 16.9. The van der Waals surface area contributed by atoms with Gasteiger partial charge in [0, 0.05) is 13.1 Å². The number of alkyl carbamates (subject to hydrolysis) is 1. The molecule has 1 aliphatic rings. The Hall–Kier alpha value is -0.480. The highest BCUT2D eigenvalue weighted by Crippen LogP contribution is 2.07. The van der Waals surface area contributed by atoms with Crippen LogP contribution in [0.5, 0.6) is 0 Å². The summed E-state index contributed by atoms with van der Waals surface area (Å²) in [5.74, 6) is 0. The maximum absolute atomic E-state index is 10.7. The highest BCUT2D eigenvalue weighted by Gasteiger charge is 2.09. The van der Waals surface area contributed by atoms with Gasteiger partial charge in [0.05, 0.1) is 7.11 Å². The predicted molar refractivity (Wildman–Crippen MR) is 57.9 cm³/mol. The molecule has 0 aromatic heterocycles. The first kappa shape index (κ1) is 13.5. The van der Waals surface area contributed by atoms with E-state index in [9.17, 15) is 4.79 Å². The number of hydrogen-bond donors (Lipinski definition) is 1. The molecule has 1 fully saturated rings. The topological polar surface area (TPSA) is 41.6 Å². The van der Waals surface area contributed by atoms with Crippen molar-refractivity contribution in [1.82, 2.24) is 10.2 Å². The monoisotopic (exact) mass is 222 g/mol. The summed E-state index contributed by atoms with van der Waals surface area (Å²) in [6.45, 7) is 3.97. The molecule has 0 aromatic rings. The van der Waals surface area contributed by atoms with Crippen LogP contribution >= 0.6 is 12.4 Å². The van der Waals surface area contributed by atoms with Crippen LogP contribution in [0, 0.1) is 0 Å². The van der Waals surface area contributed by atoms with Crippen LogP contribution in [0.4, 0.5) is 4.79 Å². The summed E-state index contributed by atoms with van der Waals surface area (Å²) in [5.41, 5.74) is 0. The van der Waals surface area contributed by atoms with E-state index < -0.39 is 0 Å². The summed E-state index contributed by atoms with van der Waals surface area (Å²) >= 11 is 0. The van der Waals surface area contributed by atoms with Gasteiger partial charge in [-0.3, -0.25) is 0 Å². The molecular formula is C9H19ClN2O2. The zero-order chi connectivity index (χ0) is 9.52. The number of carbonyl (C=O) groups is 1. The van der Waals surface area contributed by atoms with Crippen LogP contribution in [0.1, 0.15) is 19.3 Å². The number of methoxy groups -OCH3 is 1. The summed E-state index contributed by atoms with van der Waals surface area (Å²) in [5, 5.41) is 2.68. The van der Waals surface area contributed by atoms with Crippen molar-refractivity contribution < 1.29 is 9.53 Å². The number of piperidine rings is 1. The summed E-state index contributed by atoms with van der Waals surface area (Å²) in [6, 6.07) is 0. The van der Waals surface area contributed by atoms with Crippen LogP contribution in [0.25, 0.3) is 0 Å². The van der Waals surface area contributed by atoms with Crippen molar-refractivity contribution in [3.05, 3.63) is 0 Å². The van der Waals surface area contributed by atoms with Crippen LogP contribution in [0.2, 0.25) is 0 Å². The number of halogens is 1. The molecule has 1 rings (SSSR count). The van der Waals surface area contributed by atoms with Gasteiger partial charge in [0.25, 0.3) is 0 Å². The third-order valence-corrected chi connectivity index (χ3v) is 2.33. The fourth-order valence-electron chi connectivity index (χ4n) is 1.57. The number of nitrogens with zero attached hydrogens (tertiary/aromatic N) is 1. The van der Waals surface area contributed by atoms with Crippen LogP contribution in [0.15, 0.2) is 0 Å². The molecule has 1 N–H and O–H groups in total. The Labute approximate surface area is 91.4 Å². The SMILES string of the molecule is COC(=O)NCCN1CCCCC1.Cl. The van der Waals surface area contributed by atoms with Crippen LogP contribution in [0.3, 0.4) is 0 Å². The summed E-state index contributed by atoms with van der Waals surface area (Å²) in [6.07, 6.45) is 3.59. The molecule has 5 heteroatoms. The molecule has 0 aliphatic carbocycles. The van der Waals surface area contributed by atoms with Gasteiger partial charge in [-0.15, -0.1) is 12.4 Å². The Morgan fingerprint density at radius 2 is 2.00 bits per heavy atom. The fourth-order valence-corrected chi connectivity index (χ4v) is 1.57. The number of hydrogen-bond acceptors (Lipinski definition) is 3. The van der Waals surface area contributed by atoms with E-state index in [-0.39, 0.29) is 18.5 Å². The molecule has 0 radical (unpaired) electrons. The maximum atomic E-state index is 10.7. The number of rotatable bonds is 3. The first-order valence-corrected chi connectivity index (χ1v) is 4.87. The van der Waals surface area contributed by atoms with Crippen LogP contribution in [-0.2, 0) is 4.74 Å². The van der Waals surface area contributed by atoms with Crippen molar-refractivity contribution in [1.29, 1.82) is 0 Å². The van der Waals surface area contributed by atoms with E-state index >= 15 is 0 Å². The Kier molecular flexibility index (Phi) is 7.61. The molecule has 1 heterocycles. The third-order valence-electron chi connectivity index (χ3n) is 2.33. The molecule has 1 saturated heterocycles. The Balaban J connectivity index is 0.00000169. The van der Waals surface area contributed by atoms with E-state index in [1.165, 1.54) is 39.5 Å². The summed E-state index contributed by atoms with van der Waals surface area (Å²) in [4.78, 5) is 13.1. The first-order valence-electron chi connectivity index (χ1n) is 4.87. The minimum atomic E-state index is -0.336. The van der Waals surface area contributed by atoms with Gasteiger partial charge in [-0.1, -0.05) is 6.42 Å². The number of ether oxygens (including phenoxy) is 1. The molecule has 0 spiro atoms. The van der Waals surface area contributed by atoms with Gasteiger partial charge < -0.3 is 15.0 Å². The maximum Gasteiger partial charge on any atom is 0.406 e. The van der Waals surface area contributed by atoms with Gasteiger partial charge in [0.1, 0.15) is 0 Å². The summed E-state index contributed by atoms with van der Waals surface area (Å²) in [7, 11) is 1.39. The third kappa shape index (κ3) is 5.29. The van der Waals surface area contributed by atoms with Crippen LogP contribution < -0.4 is 5.32 Å². The van der Waals surface area contributed by atoms with Gasteiger partial charge in [-0.05, 0) is 25.9 Å². The molecule has 1 amide bonds. The number of nitrogens with one attached hydrogen (secondary N) is 1. The van der Waals surface area contributed by atoms with E-state index in [1.807, 2.05) is 0 Å². The molecule has 0 atom stereocenters. The number of amides is 1. The van der Waals surface area contributed by atoms with Crippen molar-refractivity contribution in [2.75, 3.05) is 33.3 Å². The lowest BCUT2D eigenvalue weighted by Crippen LogP contribution is -2.37. The zero-order valence-electron chi connectivity index (χ0n) is 8.62. The highest BCUT2D eigenvalue weighted by molar-refractivity contribution is 5.85. The van der Waals surface area contributed by atoms with Crippen LogP contribution in [-0.4, -0.2) is 44.3 Å². The standard InChI is InChI=1S/C9H18N2O2.ClH/c1-13-9(12)10-5-8-11-6-3-2-4-7-11;/h2-8H2,1H3,(H,10,12);1H. The van der Waals surface area contributed by atoms with Gasteiger partial charge in [-0.2, -0.15) is 0 Å². The summed E-state index contributed by atoms with van der Waals surface area (Å²) < 4.78 is 4.47. The molecule has 4 nitrogen and oxygen atoms in total. The fraction of sp³-hybridized carbons (Fsp3) is 0.889. The number of carbonyl (C=O) groups excluding carboxylic acids is 1. The minimum absolute atomic E-state index is 0. The molecule has 0 saturated carbocycles. The van der Waals surface area contributed by atoms with Gasteiger partial charge in [0.2, 0.25) is 0 Å². The van der Waals surface area contributed by atoms with E-state index in [4.69, 9.17) is 0 Å². The van der Waals surface area contributed by atoms with Crippen molar-refractivity contribution in [3.63, 3.8) is 0 Å². The molecule has 0 unspecified atom stereocenters. The average Bonchev–Trinajstić information content (AvgIpc) is 2.19. The highest BCUT2D eigenvalue weighted by atomic mass is 35.5. The van der Waals surface area contributed by atoms with E-state index in [1.54, 1.807) is 0 Å². The second kappa shape index (κ2) is 7.88. The molecule has 1 aliphatic heterocycles. The lowest BCUT2D eigenvalue weighted by molar-refractivity contribution is 0.166.